The monoisotopic (exact) mass is 335 g/mol. The number of aliphatic imine (C=N–C) groups is 1. The van der Waals surface area contributed by atoms with Gasteiger partial charge in [0.15, 0.2) is 5.96 Å². The summed E-state index contributed by atoms with van der Waals surface area (Å²) in [5.74, 6) is 2.18. The molecule has 4 heteroatoms. The normalized spacial score (nSPS) is 36.2. The third-order valence-electron chi connectivity index (χ3n) is 4.57. The molecule has 2 bridgehead atoms. The molecule has 3 nitrogen and oxygen atoms in total. The van der Waals surface area contributed by atoms with Crippen molar-refractivity contribution in [1.29, 1.82) is 0 Å². The van der Waals surface area contributed by atoms with E-state index in [1.54, 1.807) is 0 Å². The standard InChI is InChI=1S/C12H21N3.HI/c1-15-7-6-13-11(15)14-9-12-4-2-10(8-12)3-5-12;/h10H,2-9H2,1H3,(H,13,14);1H. The molecule has 0 spiro atoms. The van der Waals surface area contributed by atoms with E-state index in [1.165, 1.54) is 32.1 Å². The lowest BCUT2D eigenvalue weighted by molar-refractivity contribution is 0.291. The quantitative estimate of drug-likeness (QED) is 0.783. The molecule has 0 radical (unpaired) electrons. The SMILES string of the molecule is CN1CCN=C1NCC12CCC(CC1)C2.I. The third kappa shape index (κ3) is 2.17. The second-order valence-electron chi connectivity index (χ2n) is 5.63. The number of likely N-dealkylation sites (N-methyl/N-ethyl adjacent to an activating group) is 1. The topological polar surface area (TPSA) is 27.6 Å². The molecule has 0 amide bonds. The molecule has 3 aliphatic rings. The lowest BCUT2D eigenvalue weighted by atomic mass is 9.84. The van der Waals surface area contributed by atoms with Gasteiger partial charge in [-0.05, 0) is 43.4 Å². The molecule has 1 aliphatic heterocycles. The fourth-order valence-electron chi connectivity index (χ4n) is 3.55. The lowest BCUT2D eigenvalue weighted by Gasteiger charge is -2.28. The Labute approximate surface area is 115 Å². The molecule has 0 aromatic heterocycles. The maximum atomic E-state index is 4.49. The van der Waals surface area contributed by atoms with Crippen LogP contribution in [0.4, 0.5) is 0 Å². The minimum absolute atomic E-state index is 0. The van der Waals surface area contributed by atoms with E-state index < -0.39 is 0 Å². The predicted octanol–water partition coefficient (Wildman–Crippen LogP) is 2.08. The number of fused-ring (bicyclic) bond motifs is 2. The zero-order chi connectivity index (χ0) is 10.3. The number of hydrogen-bond donors (Lipinski definition) is 1. The lowest BCUT2D eigenvalue weighted by Crippen LogP contribution is -2.41. The number of hydrogen-bond acceptors (Lipinski definition) is 3. The highest BCUT2D eigenvalue weighted by atomic mass is 127. The Balaban J connectivity index is 0.000000963. The van der Waals surface area contributed by atoms with E-state index in [1.807, 2.05) is 0 Å². The first-order chi connectivity index (χ1) is 7.27. The molecule has 92 valence electrons. The van der Waals surface area contributed by atoms with Gasteiger partial charge in [-0.15, -0.1) is 24.0 Å². The van der Waals surface area contributed by atoms with Crippen molar-refractivity contribution in [3.63, 3.8) is 0 Å². The van der Waals surface area contributed by atoms with Crippen LogP contribution in [0, 0.1) is 11.3 Å². The number of guanidine groups is 1. The van der Waals surface area contributed by atoms with Crippen LogP contribution in [-0.2, 0) is 0 Å². The Morgan fingerprint density at radius 1 is 1.44 bits per heavy atom. The van der Waals surface area contributed by atoms with Gasteiger partial charge in [0, 0.05) is 20.1 Å². The molecule has 0 aromatic carbocycles. The van der Waals surface area contributed by atoms with E-state index in [2.05, 4.69) is 22.3 Å². The fraction of sp³-hybridized carbons (Fsp3) is 0.917. The molecule has 0 aromatic rings. The van der Waals surface area contributed by atoms with E-state index in [-0.39, 0.29) is 24.0 Å². The van der Waals surface area contributed by atoms with E-state index in [4.69, 9.17) is 0 Å². The second-order valence-corrected chi connectivity index (χ2v) is 5.63. The number of nitrogens with one attached hydrogen (secondary N) is 1. The van der Waals surface area contributed by atoms with Crippen molar-refractivity contribution in [2.75, 3.05) is 26.7 Å². The molecule has 1 N–H and O–H groups in total. The summed E-state index contributed by atoms with van der Waals surface area (Å²) in [7, 11) is 2.13. The summed E-state index contributed by atoms with van der Waals surface area (Å²) in [6.45, 7) is 3.21. The maximum Gasteiger partial charge on any atom is 0.193 e. The predicted molar refractivity (Wildman–Crippen MR) is 77.4 cm³/mol. The van der Waals surface area contributed by atoms with Crippen molar-refractivity contribution in [2.24, 2.45) is 16.3 Å². The van der Waals surface area contributed by atoms with Crippen LogP contribution in [0.3, 0.4) is 0 Å². The molecule has 3 rings (SSSR count). The smallest absolute Gasteiger partial charge is 0.193 e. The third-order valence-corrected chi connectivity index (χ3v) is 4.57. The summed E-state index contributed by atoms with van der Waals surface area (Å²) >= 11 is 0. The fourth-order valence-corrected chi connectivity index (χ4v) is 3.55. The van der Waals surface area contributed by atoms with Gasteiger partial charge in [-0.25, -0.2) is 0 Å². The Kier molecular flexibility index (Phi) is 3.66. The van der Waals surface area contributed by atoms with Crippen LogP contribution in [0.15, 0.2) is 4.99 Å². The Morgan fingerprint density at radius 2 is 2.19 bits per heavy atom. The van der Waals surface area contributed by atoms with Crippen LogP contribution in [0.5, 0.6) is 0 Å². The van der Waals surface area contributed by atoms with Gasteiger partial charge in [-0.3, -0.25) is 4.99 Å². The second kappa shape index (κ2) is 4.70. The largest absolute Gasteiger partial charge is 0.356 e. The Bertz CT molecular complexity index is 282. The van der Waals surface area contributed by atoms with Gasteiger partial charge in [0.2, 0.25) is 0 Å². The average Bonchev–Trinajstić information content (AvgIpc) is 2.90. The summed E-state index contributed by atoms with van der Waals surface area (Å²) in [5, 5.41) is 3.57. The van der Waals surface area contributed by atoms with Crippen molar-refractivity contribution >= 4 is 29.9 Å². The van der Waals surface area contributed by atoms with Gasteiger partial charge in [0.05, 0.1) is 6.54 Å². The number of halogens is 1. The highest BCUT2D eigenvalue weighted by Gasteiger charge is 2.44. The van der Waals surface area contributed by atoms with Gasteiger partial charge >= 0.3 is 0 Å². The summed E-state index contributed by atoms with van der Waals surface area (Å²) in [6.07, 6.45) is 7.31. The van der Waals surface area contributed by atoms with Gasteiger partial charge in [-0.2, -0.15) is 0 Å². The van der Waals surface area contributed by atoms with Crippen molar-refractivity contribution < 1.29 is 0 Å². The first kappa shape index (κ1) is 12.5. The zero-order valence-corrected chi connectivity index (χ0v) is 12.4. The van der Waals surface area contributed by atoms with Crippen molar-refractivity contribution in [1.82, 2.24) is 10.2 Å². The number of nitrogens with zero attached hydrogens (tertiary/aromatic N) is 2. The Morgan fingerprint density at radius 3 is 2.69 bits per heavy atom. The van der Waals surface area contributed by atoms with Crippen LogP contribution in [-0.4, -0.2) is 37.5 Å². The van der Waals surface area contributed by atoms with E-state index in [9.17, 15) is 0 Å². The molecule has 16 heavy (non-hydrogen) atoms. The van der Waals surface area contributed by atoms with Crippen LogP contribution in [0.25, 0.3) is 0 Å². The zero-order valence-electron chi connectivity index (χ0n) is 10.0. The summed E-state index contributed by atoms with van der Waals surface area (Å²) < 4.78 is 0. The summed E-state index contributed by atoms with van der Waals surface area (Å²) in [5.41, 5.74) is 0.636. The van der Waals surface area contributed by atoms with Crippen LogP contribution in [0.2, 0.25) is 0 Å². The van der Waals surface area contributed by atoms with Crippen LogP contribution >= 0.6 is 24.0 Å². The van der Waals surface area contributed by atoms with Gasteiger partial charge in [0.1, 0.15) is 0 Å². The summed E-state index contributed by atoms with van der Waals surface area (Å²) in [4.78, 5) is 6.72. The molecule has 0 atom stereocenters. The first-order valence-electron chi connectivity index (χ1n) is 6.27. The van der Waals surface area contributed by atoms with Crippen LogP contribution < -0.4 is 5.32 Å². The van der Waals surface area contributed by atoms with Crippen LogP contribution in [0.1, 0.15) is 32.1 Å². The molecule has 0 saturated heterocycles. The van der Waals surface area contributed by atoms with Crippen molar-refractivity contribution in [3.8, 4) is 0 Å². The van der Waals surface area contributed by atoms with Gasteiger partial charge < -0.3 is 10.2 Å². The molecule has 0 unspecified atom stereocenters. The highest BCUT2D eigenvalue weighted by molar-refractivity contribution is 14.0. The van der Waals surface area contributed by atoms with Crippen molar-refractivity contribution in [3.05, 3.63) is 0 Å². The molecular weight excluding hydrogens is 313 g/mol. The van der Waals surface area contributed by atoms with E-state index in [0.717, 1.165) is 31.5 Å². The Hall–Kier alpha value is 0. The first-order valence-corrected chi connectivity index (χ1v) is 6.27. The molecule has 1 heterocycles. The maximum absolute atomic E-state index is 4.49. The van der Waals surface area contributed by atoms with E-state index in [0.29, 0.717) is 5.41 Å². The molecule has 2 aliphatic carbocycles. The van der Waals surface area contributed by atoms with Gasteiger partial charge in [-0.1, -0.05) is 0 Å². The minimum Gasteiger partial charge on any atom is -0.356 e. The molecule has 2 saturated carbocycles. The van der Waals surface area contributed by atoms with Crippen molar-refractivity contribution in [2.45, 2.75) is 32.1 Å². The average molecular weight is 335 g/mol. The van der Waals surface area contributed by atoms with E-state index >= 15 is 0 Å². The van der Waals surface area contributed by atoms with Gasteiger partial charge in [0.25, 0.3) is 0 Å². The molecular formula is C12H22IN3. The number of rotatable bonds is 2. The minimum atomic E-state index is 0. The molecule has 2 fully saturated rings. The summed E-state index contributed by atoms with van der Waals surface area (Å²) in [6, 6.07) is 0. The highest BCUT2D eigenvalue weighted by Crippen LogP contribution is 2.53.